The van der Waals surface area contributed by atoms with Crippen molar-refractivity contribution in [2.75, 3.05) is 37.9 Å². The van der Waals surface area contributed by atoms with Gasteiger partial charge in [-0.05, 0) is 55.2 Å². The number of amides is 3. The molecule has 0 aliphatic carbocycles. The molecule has 0 radical (unpaired) electrons. The Labute approximate surface area is 187 Å². The Balaban J connectivity index is 1.51. The van der Waals surface area contributed by atoms with Gasteiger partial charge >= 0.3 is 6.03 Å². The zero-order valence-electron chi connectivity index (χ0n) is 18.0. The maximum atomic E-state index is 12.8. The fraction of sp³-hybridized carbons (Fsp3) is 0.391. The van der Waals surface area contributed by atoms with E-state index in [2.05, 4.69) is 10.6 Å². The minimum Gasteiger partial charge on any atom is -0.493 e. The van der Waals surface area contributed by atoms with Crippen LogP contribution in [0.5, 0.6) is 11.5 Å². The van der Waals surface area contributed by atoms with Crippen LogP contribution in [0.2, 0.25) is 5.02 Å². The average molecular weight is 446 g/mol. The van der Waals surface area contributed by atoms with Crippen molar-refractivity contribution in [1.29, 1.82) is 0 Å². The molecule has 3 amide bonds. The van der Waals surface area contributed by atoms with Crippen molar-refractivity contribution < 1.29 is 19.1 Å². The largest absolute Gasteiger partial charge is 0.493 e. The molecule has 1 heterocycles. The Kier molecular flexibility index (Phi) is 7.63. The molecule has 1 unspecified atom stereocenters. The first-order valence-electron chi connectivity index (χ1n) is 10.3. The van der Waals surface area contributed by atoms with Gasteiger partial charge in [-0.25, -0.2) is 4.79 Å². The van der Waals surface area contributed by atoms with E-state index < -0.39 is 0 Å². The monoisotopic (exact) mass is 445 g/mol. The Morgan fingerprint density at radius 1 is 0.968 bits per heavy atom. The van der Waals surface area contributed by atoms with Gasteiger partial charge in [0.2, 0.25) is 5.91 Å². The second-order valence-corrected chi connectivity index (χ2v) is 8.05. The molecule has 1 saturated heterocycles. The Morgan fingerprint density at radius 2 is 1.58 bits per heavy atom. The van der Waals surface area contributed by atoms with Gasteiger partial charge in [0, 0.05) is 41.5 Å². The summed E-state index contributed by atoms with van der Waals surface area (Å²) in [7, 11) is 3.13. The highest BCUT2D eigenvalue weighted by Crippen LogP contribution is 2.31. The SMILES string of the molecule is COc1ccc(NC(=O)C(C)C2CCN(C(=O)Nc3ccc(Cl)cc3)CC2)cc1OC. The molecule has 0 bridgehead atoms. The highest BCUT2D eigenvalue weighted by atomic mass is 35.5. The van der Waals surface area contributed by atoms with E-state index in [0.29, 0.717) is 41.0 Å². The molecular formula is C23H28ClN3O4. The average Bonchev–Trinajstić information content (AvgIpc) is 2.80. The van der Waals surface area contributed by atoms with Crippen LogP contribution in [0.25, 0.3) is 0 Å². The van der Waals surface area contributed by atoms with Crippen molar-refractivity contribution in [3.05, 3.63) is 47.5 Å². The third kappa shape index (κ3) is 5.82. The van der Waals surface area contributed by atoms with Crippen LogP contribution in [0.1, 0.15) is 19.8 Å². The number of nitrogens with zero attached hydrogens (tertiary/aromatic N) is 1. The summed E-state index contributed by atoms with van der Waals surface area (Å²) < 4.78 is 10.5. The molecule has 3 rings (SSSR count). The minimum absolute atomic E-state index is 0.0451. The van der Waals surface area contributed by atoms with Crippen LogP contribution in [0.3, 0.4) is 0 Å². The quantitative estimate of drug-likeness (QED) is 0.664. The number of ether oxygens (including phenoxy) is 2. The number of hydrogen-bond donors (Lipinski definition) is 2. The summed E-state index contributed by atoms with van der Waals surface area (Å²) in [4.78, 5) is 27.0. The Morgan fingerprint density at radius 3 is 2.19 bits per heavy atom. The van der Waals surface area contributed by atoms with Crippen molar-refractivity contribution in [1.82, 2.24) is 4.90 Å². The number of urea groups is 1. The highest BCUT2D eigenvalue weighted by molar-refractivity contribution is 6.30. The van der Waals surface area contributed by atoms with Crippen molar-refractivity contribution >= 4 is 34.9 Å². The fourth-order valence-electron chi connectivity index (χ4n) is 3.72. The van der Waals surface area contributed by atoms with Crippen LogP contribution in [0.15, 0.2) is 42.5 Å². The third-order valence-electron chi connectivity index (χ3n) is 5.69. The van der Waals surface area contributed by atoms with E-state index in [1.54, 1.807) is 61.6 Å². The van der Waals surface area contributed by atoms with Crippen molar-refractivity contribution in [2.24, 2.45) is 11.8 Å². The lowest BCUT2D eigenvalue weighted by Crippen LogP contribution is -2.43. The van der Waals surface area contributed by atoms with Crippen molar-refractivity contribution in [3.63, 3.8) is 0 Å². The van der Waals surface area contributed by atoms with Crippen LogP contribution < -0.4 is 20.1 Å². The lowest BCUT2D eigenvalue weighted by Gasteiger charge is -2.34. The maximum Gasteiger partial charge on any atom is 0.321 e. The summed E-state index contributed by atoms with van der Waals surface area (Å²) in [5.74, 6) is 1.16. The van der Waals surface area contributed by atoms with Gasteiger partial charge in [-0.15, -0.1) is 0 Å². The number of benzene rings is 2. The Hall–Kier alpha value is -2.93. The number of rotatable bonds is 6. The maximum absolute atomic E-state index is 12.8. The summed E-state index contributed by atoms with van der Waals surface area (Å²) >= 11 is 5.88. The first kappa shape index (κ1) is 22.7. The number of likely N-dealkylation sites (tertiary alicyclic amines) is 1. The molecule has 8 heteroatoms. The summed E-state index contributed by atoms with van der Waals surface area (Å²) in [6.45, 7) is 3.15. The zero-order valence-corrected chi connectivity index (χ0v) is 18.7. The molecular weight excluding hydrogens is 418 g/mol. The van der Waals surface area contributed by atoms with E-state index in [9.17, 15) is 9.59 Å². The van der Waals surface area contributed by atoms with Crippen LogP contribution in [0, 0.1) is 11.8 Å². The van der Waals surface area contributed by atoms with Gasteiger partial charge in [0.1, 0.15) is 0 Å². The molecule has 1 aliphatic rings. The molecule has 1 atom stereocenters. The molecule has 2 aromatic rings. The van der Waals surface area contributed by atoms with Gasteiger partial charge in [0.15, 0.2) is 11.5 Å². The first-order valence-corrected chi connectivity index (χ1v) is 10.6. The summed E-state index contributed by atoms with van der Waals surface area (Å²) in [6.07, 6.45) is 1.54. The molecule has 7 nitrogen and oxygen atoms in total. The number of carbonyl (C=O) groups is 2. The van der Waals surface area contributed by atoms with E-state index in [-0.39, 0.29) is 23.8 Å². The predicted molar refractivity (Wildman–Crippen MR) is 122 cm³/mol. The molecule has 1 fully saturated rings. The lowest BCUT2D eigenvalue weighted by molar-refractivity contribution is -0.121. The predicted octanol–water partition coefficient (Wildman–Crippen LogP) is 4.88. The van der Waals surface area contributed by atoms with Gasteiger partial charge in [-0.3, -0.25) is 4.79 Å². The number of hydrogen-bond acceptors (Lipinski definition) is 4. The van der Waals surface area contributed by atoms with E-state index in [1.807, 2.05) is 6.92 Å². The lowest BCUT2D eigenvalue weighted by atomic mass is 9.85. The van der Waals surface area contributed by atoms with Crippen LogP contribution >= 0.6 is 11.6 Å². The van der Waals surface area contributed by atoms with Gasteiger partial charge in [0.05, 0.1) is 14.2 Å². The molecule has 2 N–H and O–H groups in total. The molecule has 0 aromatic heterocycles. The Bertz CT molecular complexity index is 912. The van der Waals surface area contributed by atoms with Crippen molar-refractivity contribution in [3.8, 4) is 11.5 Å². The van der Waals surface area contributed by atoms with E-state index >= 15 is 0 Å². The van der Waals surface area contributed by atoms with Gasteiger partial charge in [0.25, 0.3) is 0 Å². The van der Waals surface area contributed by atoms with Crippen LogP contribution in [-0.2, 0) is 4.79 Å². The number of anilines is 2. The number of carbonyl (C=O) groups excluding carboxylic acids is 2. The van der Waals surface area contributed by atoms with Crippen LogP contribution in [0.4, 0.5) is 16.2 Å². The van der Waals surface area contributed by atoms with Gasteiger partial charge < -0.3 is 25.0 Å². The van der Waals surface area contributed by atoms with E-state index in [0.717, 1.165) is 12.8 Å². The number of nitrogens with one attached hydrogen (secondary N) is 2. The van der Waals surface area contributed by atoms with E-state index in [1.165, 1.54) is 0 Å². The normalized spacial score (nSPS) is 15.2. The number of halogens is 1. The third-order valence-corrected chi connectivity index (χ3v) is 5.95. The van der Waals surface area contributed by atoms with Gasteiger partial charge in [-0.2, -0.15) is 0 Å². The topological polar surface area (TPSA) is 79.9 Å². The molecule has 31 heavy (non-hydrogen) atoms. The van der Waals surface area contributed by atoms with Crippen molar-refractivity contribution in [2.45, 2.75) is 19.8 Å². The number of piperidine rings is 1. The van der Waals surface area contributed by atoms with E-state index in [4.69, 9.17) is 21.1 Å². The minimum atomic E-state index is -0.172. The molecule has 0 spiro atoms. The second-order valence-electron chi connectivity index (χ2n) is 7.61. The second kappa shape index (κ2) is 10.4. The standard InChI is InChI=1S/C23H28ClN3O4/c1-15(22(28)25-19-8-9-20(30-2)21(14-19)31-3)16-10-12-27(13-11-16)23(29)26-18-6-4-17(24)5-7-18/h4-9,14-16H,10-13H2,1-3H3,(H,25,28)(H,26,29). The molecule has 2 aromatic carbocycles. The first-order chi connectivity index (χ1) is 14.9. The van der Waals surface area contributed by atoms with Crippen LogP contribution in [-0.4, -0.2) is 44.1 Å². The zero-order chi connectivity index (χ0) is 22.4. The smallest absolute Gasteiger partial charge is 0.321 e. The summed E-state index contributed by atoms with van der Waals surface area (Å²) in [6, 6.07) is 12.2. The van der Waals surface area contributed by atoms with Gasteiger partial charge in [-0.1, -0.05) is 18.5 Å². The number of methoxy groups -OCH3 is 2. The molecule has 166 valence electrons. The summed E-state index contributed by atoms with van der Waals surface area (Å²) in [5.41, 5.74) is 1.37. The molecule has 1 aliphatic heterocycles. The summed E-state index contributed by atoms with van der Waals surface area (Å²) in [5, 5.41) is 6.47. The highest BCUT2D eigenvalue weighted by Gasteiger charge is 2.30. The fourth-order valence-corrected chi connectivity index (χ4v) is 3.85. The molecule has 0 saturated carbocycles.